The maximum absolute atomic E-state index is 4.56. The molecule has 0 fully saturated rings. The molecule has 0 aliphatic carbocycles. The standard InChI is InChI=1S/C6H6O3S/c10-9-8-7-6-4-2-1-3-5-6/h1-5,10H. The van der Waals surface area contributed by atoms with Gasteiger partial charge in [-0.1, -0.05) is 18.2 Å². The van der Waals surface area contributed by atoms with Gasteiger partial charge in [-0.05, 0) is 17.2 Å². The molecule has 0 radical (unpaired) electrons. The van der Waals surface area contributed by atoms with Gasteiger partial charge in [0, 0.05) is 12.9 Å². The fraction of sp³-hybridized carbons (Fsp3) is 0. The highest BCUT2D eigenvalue weighted by Gasteiger charge is 1.89. The summed E-state index contributed by atoms with van der Waals surface area (Å²) in [5, 5.41) is 4.08. The molecule has 0 aromatic heterocycles. The van der Waals surface area contributed by atoms with Gasteiger partial charge in [0.15, 0.2) is 5.75 Å². The zero-order valence-electron chi connectivity index (χ0n) is 5.06. The summed E-state index contributed by atoms with van der Waals surface area (Å²) in [7, 11) is 0. The van der Waals surface area contributed by atoms with E-state index in [1.807, 2.05) is 18.2 Å². The molecule has 0 aliphatic heterocycles. The Hall–Kier alpha value is -0.710. The molecule has 0 saturated heterocycles. The second-order valence-electron chi connectivity index (χ2n) is 1.54. The van der Waals surface area contributed by atoms with Crippen LogP contribution in [0.5, 0.6) is 5.75 Å². The molecule has 1 rings (SSSR count). The van der Waals surface area contributed by atoms with Crippen molar-refractivity contribution >= 4 is 12.9 Å². The van der Waals surface area contributed by atoms with Crippen LogP contribution >= 0.6 is 12.9 Å². The zero-order chi connectivity index (χ0) is 7.23. The van der Waals surface area contributed by atoms with E-state index < -0.39 is 0 Å². The Morgan fingerprint density at radius 3 is 2.40 bits per heavy atom. The van der Waals surface area contributed by atoms with Crippen molar-refractivity contribution in [3.8, 4) is 5.75 Å². The lowest BCUT2D eigenvalue weighted by atomic mass is 10.3. The van der Waals surface area contributed by atoms with Crippen LogP contribution in [-0.4, -0.2) is 0 Å². The maximum atomic E-state index is 4.56. The van der Waals surface area contributed by atoms with Gasteiger partial charge in [-0.2, -0.15) is 0 Å². The molecule has 1 aromatic carbocycles. The molecule has 0 heterocycles. The highest BCUT2D eigenvalue weighted by atomic mass is 32.1. The van der Waals surface area contributed by atoms with E-state index in [9.17, 15) is 0 Å². The monoisotopic (exact) mass is 158 g/mol. The van der Waals surface area contributed by atoms with Crippen LogP contribution in [0.3, 0.4) is 0 Å². The molecular weight excluding hydrogens is 152 g/mol. The van der Waals surface area contributed by atoms with E-state index in [1.165, 1.54) is 0 Å². The number of para-hydroxylation sites is 1. The third kappa shape index (κ3) is 2.26. The third-order valence-corrected chi connectivity index (χ3v) is 0.965. The van der Waals surface area contributed by atoms with Crippen molar-refractivity contribution in [1.29, 1.82) is 0 Å². The van der Waals surface area contributed by atoms with E-state index in [-0.39, 0.29) is 0 Å². The quantitative estimate of drug-likeness (QED) is 0.314. The van der Waals surface area contributed by atoms with Gasteiger partial charge >= 0.3 is 0 Å². The van der Waals surface area contributed by atoms with E-state index in [2.05, 4.69) is 27.2 Å². The Kier molecular flexibility index (Phi) is 3.08. The van der Waals surface area contributed by atoms with Crippen molar-refractivity contribution in [2.75, 3.05) is 0 Å². The van der Waals surface area contributed by atoms with E-state index in [4.69, 9.17) is 0 Å². The Morgan fingerprint density at radius 1 is 1.10 bits per heavy atom. The Balaban J connectivity index is 2.43. The Labute approximate surface area is 64.0 Å². The number of hydrogen-bond acceptors (Lipinski definition) is 4. The van der Waals surface area contributed by atoms with E-state index in [1.54, 1.807) is 12.1 Å². The molecule has 0 atom stereocenters. The summed E-state index contributed by atoms with van der Waals surface area (Å²) in [5.74, 6) is 0.566. The van der Waals surface area contributed by atoms with E-state index >= 15 is 0 Å². The van der Waals surface area contributed by atoms with Gasteiger partial charge in [-0.25, -0.2) is 0 Å². The van der Waals surface area contributed by atoms with Gasteiger partial charge in [-0.15, -0.1) is 4.33 Å². The summed E-state index contributed by atoms with van der Waals surface area (Å²) < 4.78 is 3.92. The number of thiol groups is 1. The molecule has 0 saturated carbocycles. The lowest BCUT2D eigenvalue weighted by Gasteiger charge is -1.97. The normalized spacial score (nSPS) is 9.30. The molecule has 0 amide bonds. The zero-order valence-corrected chi connectivity index (χ0v) is 5.95. The van der Waals surface area contributed by atoms with Gasteiger partial charge in [0.25, 0.3) is 0 Å². The van der Waals surface area contributed by atoms with Gasteiger partial charge in [-0.3, -0.25) is 0 Å². The molecule has 1 aromatic rings. The fourth-order valence-corrected chi connectivity index (χ4v) is 0.561. The second kappa shape index (κ2) is 4.16. The molecule has 3 nitrogen and oxygen atoms in total. The van der Waals surface area contributed by atoms with Crippen LogP contribution in [0.4, 0.5) is 0 Å². The summed E-state index contributed by atoms with van der Waals surface area (Å²) in [6, 6.07) is 8.96. The first-order valence-electron chi connectivity index (χ1n) is 2.63. The minimum absolute atomic E-state index is 0.566. The predicted octanol–water partition coefficient (Wildman–Crippen LogP) is 1.77. The third-order valence-electron chi connectivity index (χ3n) is 0.904. The van der Waals surface area contributed by atoms with Gasteiger partial charge in [0.05, 0.1) is 0 Å². The SMILES string of the molecule is SOOOc1ccccc1. The van der Waals surface area contributed by atoms with Crippen LogP contribution in [0.1, 0.15) is 0 Å². The lowest BCUT2D eigenvalue weighted by molar-refractivity contribution is -0.402. The highest BCUT2D eigenvalue weighted by Crippen LogP contribution is 2.08. The van der Waals surface area contributed by atoms with Crippen LogP contribution in [0.25, 0.3) is 0 Å². The molecule has 0 aliphatic rings. The van der Waals surface area contributed by atoms with E-state index in [0.29, 0.717) is 5.75 Å². The summed E-state index contributed by atoms with van der Waals surface area (Å²) in [6.07, 6.45) is 0. The Bertz CT molecular complexity index is 178. The summed E-state index contributed by atoms with van der Waals surface area (Å²) in [5.41, 5.74) is 0. The van der Waals surface area contributed by atoms with Crippen LogP contribution in [-0.2, 0) is 9.37 Å². The largest absolute Gasteiger partial charge is 0.307 e. The van der Waals surface area contributed by atoms with Crippen LogP contribution < -0.4 is 4.89 Å². The summed E-state index contributed by atoms with van der Waals surface area (Å²) in [4.78, 5) is 4.56. The van der Waals surface area contributed by atoms with Crippen LogP contribution in [0.15, 0.2) is 30.3 Å². The smallest absolute Gasteiger partial charge is 0.168 e. The van der Waals surface area contributed by atoms with E-state index in [0.717, 1.165) is 0 Å². The Morgan fingerprint density at radius 2 is 1.80 bits per heavy atom. The number of benzene rings is 1. The van der Waals surface area contributed by atoms with Gasteiger partial charge in [0.2, 0.25) is 0 Å². The lowest BCUT2D eigenvalue weighted by Crippen LogP contribution is -1.91. The minimum Gasteiger partial charge on any atom is -0.307 e. The highest BCUT2D eigenvalue weighted by molar-refractivity contribution is 7.74. The molecule has 54 valence electrons. The first-order valence-corrected chi connectivity index (χ1v) is 3.00. The number of hydrogen-bond donors (Lipinski definition) is 1. The van der Waals surface area contributed by atoms with Crippen molar-refractivity contribution in [3.63, 3.8) is 0 Å². The molecule has 0 unspecified atom stereocenters. The molecule has 0 N–H and O–H groups in total. The summed E-state index contributed by atoms with van der Waals surface area (Å²) >= 11 is 3.30. The van der Waals surface area contributed by atoms with Crippen molar-refractivity contribution in [2.45, 2.75) is 0 Å². The molecule has 0 spiro atoms. The number of rotatable bonds is 3. The fourth-order valence-electron chi connectivity index (χ4n) is 0.531. The van der Waals surface area contributed by atoms with Gasteiger partial charge < -0.3 is 4.89 Å². The maximum Gasteiger partial charge on any atom is 0.168 e. The molecule has 10 heavy (non-hydrogen) atoms. The average Bonchev–Trinajstić information content (AvgIpc) is 2.03. The molecule has 0 bridgehead atoms. The van der Waals surface area contributed by atoms with Crippen molar-refractivity contribution in [3.05, 3.63) is 30.3 Å². The molecular formula is C6H6O3S. The average molecular weight is 158 g/mol. The molecule has 4 heteroatoms. The van der Waals surface area contributed by atoms with Crippen molar-refractivity contribution in [1.82, 2.24) is 0 Å². The van der Waals surface area contributed by atoms with Crippen LogP contribution in [0.2, 0.25) is 0 Å². The van der Waals surface area contributed by atoms with Crippen LogP contribution in [0, 0.1) is 0 Å². The predicted molar refractivity (Wildman–Crippen MR) is 38.2 cm³/mol. The summed E-state index contributed by atoms with van der Waals surface area (Å²) in [6.45, 7) is 0. The first kappa shape index (κ1) is 7.40. The van der Waals surface area contributed by atoms with Crippen molar-refractivity contribution in [2.24, 2.45) is 0 Å². The van der Waals surface area contributed by atoms with Gasteiger partial charge in [0.1, 0.15) is 0 Å². The second-order valence-corrected chi connectivity index (χ2v) is 1.69. The topological polar surface area (TPSA) is 27.7 Å². The first-order chi connectivity index (χ1) is 4.93. The minimum atomic E-state index is 0.566. The van der Waals surface area contributed by atoms with Crippen molar-refractivity contribution < 1.29 is 14.3 Å².